The molecule has 0 bridgehead atoms. The van der Waals surface area contributed by atoms with Gasteiger partial charge in [-0.3, -0.25) is 9.80 Å². The molecule has 0 aromatic carbocycles. The second kappa shape index (κ2) is 7.71. The summed E-state index contributed by atoms with van der Waals surface area (Å²) in [6.45, 7) is 7.40. The highest BCUT2D eigenvalue weighted by molar-refractivity contribution is 7.80. The van der Waals surface area contributed by atoms with Crippen molar-refractivity contribution in [2.75, 3.05) is 26.2 Å². The molecule has 0 radical (unpaired) electrons. The number of nitrogens with zero attached hydrogens (tertiary/aromatic N) is 2. The van der Waals surface area contributed by atoms with Crippen LogP contribution in [-0.4, -0.2) is 47.0 Å². The van der Waals surface area contributed by atoms with Gasteiger partial charge < -0.3 is 5.73 Å². The molecule has 20 heavy (non-hydrogen) atoms. The van der Waals surface area contributed by atoms with E-state index in [9.17, 15) is 0 Å². The van der Waals surface area contributed by atoms with Crippen molar-refractivity contribution in [2.24, 2.45) is 5.73 Å². The lowest BCUT2D eigenvalue weighted by Crippen LogP contribution is -2.53. The lowest BCUT2D eigenvalue weighted by atomic mass is 10.1. The standard InChI is InChI=1S/C14H22ClN3S2/c1-2-3-12(14(16)19)18-8-6-17(7-9-18)10-11-4-5-13(15)20-11/h4-5,12H,2-3,6-10H2,1H3,(H2,16,19). The van der Waals surface area contributed by atoms with Crippen LogP contribution >= 0.6 is 35.2 Å². The van der Waals surface area contributed by atoms with Crippen molar-refractivity contribution in [1.82, 2.24) is 9.80 Å². The molecule has 0 amide bonds. The highest BCUT2D eigenvalue weighted by Gasteiger charge is 2.25. The molecule has 3 nitrogen and oxygen atoms in total. The predicted octanol–water partition coefficient (Wildman–Crippen LogP) is 2.97. The second-order valence-corrected chi connectivity index (χ2v) is 7.50. The molecule has 1 aromatic heterocycles. The fourth-order valence-corrected chi connectivity index (χ4v) is 4.07. The Balaban J connectivity index is 1.83. The zero-order valence-electron chi connectivity index (χ0n) is 11.8. The van der Waals surface area contributed by atoms with Crippen molar-refractivity contribution in [3.63, 3.8) is 0 Å². The molecule has 2 heterocycles. The van der Waals surface area contributed by atoms with E-state index in [4.69, 9.17) is 29.6 Å². The molecule has 2 N–H and O–H groups in total. The molecule has 1 saturated heterocycles. The van der Waals surface area contributed by atoms with Gasteiger partial charge in [0.15, 0.2) is 0 Å². The molecule has 0 saturated carbocycles. The topological polar surface area (TPSA) is 32.5 Å². The van der Waals surface area contributed by atoms with E-state index in [2.05, 4.69) is 22.8 Å². The monoisotopic (exact) mass is 331 g/mol. The molecule has 1 atom stereocenters. The number of hydrogen-bond donors (Lipinski definition) is 1. The highest BCUT2D eigenvalue weighted by Crippen LogP contribution is 2.23. The molecule has 1 fully saturated rings. The predicted molar refractivity (Wildman–Crippen MR) is 91.7 cm³/mol. The maximum atomic E-state index is 5.98. The van der Waals surface area contributed by atoms with Gasteiger partial charge in [0, 0.05) is 37.6 Å². The second-order valence-electron chi connectivity index (χ2n) is 5.22. The number of thiophene rings is 1. The third kappa shape index (κ3) is 4.40. The highest BCUT2D eigenvalue weighted by atomic mass is 35.5. The average molecular weight is 332 g/mol. The van der Waals surface area contributed by atoms with Crippen molar-refractivity contribution < 1.29 is 0 Å². The van der Waals surface area contributed by atoms with Crippen LogP contribution in [0.3, 0.4) is 0 Å². The number of piperazine rings is 1. The number of halogens is 1. The molecule has 1 aliphatic heterocycles. The minimum absolute atomic E-state index is 0.272. The average Bonchev–Trinajstić information content (AvgIpc) is 2.82. The van der Waals surface area contributed by atoms with Crippen LogP contribution < -0.4 is 5.73 Å². The Kier molecular flexibility index (Phi) is 6.23. The SMILES string of the molecule is CCCC(C(N)=S)N1CCN(Cc2ccc(Cl)s2)CC1. The Morgan fingerprint density at radius 1 is 1.40 bits per heavy atom. The number of nitrogens with two attached hydrogens (primary N) is 1. The van der Waals surface area contributed by atoms with Gasteiger partial charge in [-0.05, 0) is 18.6 Å². The zero-order chi connectivity index (χ0) is 14.5. The van der Waals surface area contributed by atoms with Crippen LogP contribution in [0.15, 0.2) is 12.1 Å². The van der Waals surface area contributed by atoms with E-state index in [1.807, 2.05) is 6.07 Å². The van der Waals surface area contributed by atoms with Crippen LogP contribution in [0.5, 0.6) is 0 Å². The summed E-state index contributed by atoms with van der Waals surface area (Å²) in [7, 11) is 0. The van der Waals surface area contributed by atoms with Gasteiger partial charge >= 0.3 is 0 Å². The Hall–Kier alpha value is -0.200. The van der Waals surface area contributed by atoms with Crippen LogP contribution in [0.25, 0.3) is 0 Å². The van der Waals surface area contributed by atoms with E-state index in [1.54, 1.807) is 11.3 Å². The fraction of sp³-hybridized carbons (Fsp3) is 0.643. The third-order valence-electron chi connectivity index (χ3n) is 3.75. The largest absolute Gasteiger partial charge is 0.392 e. The van der Waals surface area contributed by atoms with Crippen LogP contribution in [0.2, 0.25) is 4.34 Å². The van der Waals surface area contributed by atoms with Crippen molar-refractivity contribution in [3.8, 4) is 0 Å². The first kappa shape index (κ1) is 16.2. The Labute approximate surface area is 135 Å². The van der Waals surface area contributed by atoms with E-state index >= 15 is 0 Å². The fourth-order valence-electron chi connectivity index (χ4n) is 2.67. The molecule has 112 valence electrons. The summed E-state index contributed by atoms with van der Waals surface area (Å²) in [5.74, 6) is 0. The maximum Gasteiger partial charge on any atom is 0.0931 e. The van der Waals surface area contributed by atoms with Gasteiger partial charge in [-0.2, -0.15) is 0 Å². The van der Waals surface area contributed by atoms with Crippen molar-refractivity contribution in [3.05, 3.63) is 21.3 Å². The zero-order valence-corrected chi connectivity index (χ0v) is 14.2. The third-order valence-corrected chi connectivity index (χ3v) is 5.23. The van der Waals surface area contributed by atoms with Crippen molar-refractivity contribution in [1.29, 1.82) is 0 Å². The van der Waals surface area contributed by atoms with Crippen LogP contribution in [0.4, 0.5) is 0 Å². The van der Waals surface area contributed by atoms with Gasteiger partial charge in [-0.1, -0.05) is 37.2 Å². The summed E-state index contributed by atoms with van der Waals surface area (Å²) >= 11 is 12.9. The summed E-state index contributed by atoms with van der Waals surface area (Å²) in [6, 6.07) is 4.37. The minimum atomic E-state index is 0.272. The number of rotatable bonds is 6. The van der Waals surface area contributed by atoms with Gasteiger partial charge in [0.05, 0.1) is 15.4 Å². The molecule has 2 rings (SSSR count). The lowest BCUT2D eigenvalue weighted by molar-refractivity contribution is 0.111. The minimum Gasteiger partial charge on any atom is -0.392 e. The molecular formula is C14H22ClN3S2. The molecule has 0 aliphatic carbocycles. The van der Waals surface area contributed by atoms with Crippen molar-refractivity contribution in [2.45, 2.75) is 32.4 Å². The van der Waals surface area contributed by atoms with E-state index < -0.39 is 0 Å². The van der Waals surface area contributed by atoms with E-state index in [-0.39, 0.29) is 6.04 Å². The first-order valence-electron chi connectivity index (χ1n) is 7.10. The van der Waals surface area contributed by atoms with E-state index in [0.29, 0.717) is 4.99 Å². The Morgan fingerprint density at radius 2 is 2.10 bits per heavy atom. The van der Waals surface area contributed by atoms with Crippen molar-refractivity contribution >= 4 is 40.1 Å². The van der Waals surface area contributed by atoms with Gasteiger partial charge in [0.25, 0.3) is 0 Å². The van der Waals surface area contributed by atoms with E-state index in [0.717, 1.165) is 49.9 Å². The molecule has 1 unspecified atom stereocenters. The smallest absolute Gasteiger partial charge is 0.0931 e. The Morgan fingerprint density at radius 3 is 2.60 bits per heavy atom. The maximum absolute atomic E-state index is 5.98. The van der Waals surface area contributed by atoms with Gasteiger partial charge in [-0.15, -0.1) is 11.3 Å². The summed E-state index contributed by atoms with van der Waals surface area (Å²) in [5.41, 5.74) is 5.88. The van der Waals surface area contributed by atoms with Gasteiger partial charge in [-0.25, -0.2) is 0 Å². The molecular weight excluding hydrogens is 310 g/mol. The van der Waals surface area contributed by atoms with Gasteiger partial charge in [0.1, 0.15) is 0 Å². The van der Waals surface area contributed by atoms with Gasteiger partial charge in [0.2, 0.25) is 0 Å². The lowest BCUT2D eigenvalue weighted by Gasteiger charge is -2.38. The molecule has 6 heteroatoms. The quantitative estimate of drug-likeness (QED) is 0.812. The van der Waals surface area contributed by atoms with Crippen LogP contribution in [0.1, 0.15) is 24.6 Å². The summed E-state index contributed by atoms with van der Waals surface area (Å²) in [6.07, 6.45) is 2.19. The number of hydrogen-bond acceptors (Lipinski definition) is 4. The summed E-state index contributed by atoms with van der Waals surface area (Å²) < 4.78 is 0.870. The summed E-state index contributed by atoms with van der Waals surface area (Å²) in [5, 5.41) is 0. The Bertz CT molecular complexity index is 441. The molecule has 0 spiro atoms. The molecule has 1 aliphatic rings. The number of thiocarbonyl (C=S) groups is 1. The van der Waals surface area contributed by atoms with E-state index in [1.165, 1.54) is 4.88 Å². The first-order valence-corrected chi connectivity index (χ1v) is 8.70. The van der Waals surface area contributed by atoms with Crippen LogP contribution in [0, 0.1) is 0 Å². The first-order chi connectivity index (χ1) is 9.60. The molecule has 1 aromatic rings. The normalized spacial score (nSPS) is 19.1. The van der Waals surface area contributed by atoms with Crippen LogP contribution in [-0.2, 0) is 6.54 Å². The summed E-state index contributed by atoms with van der Waals surface area (Å²) in [4.78, 5) is 6.89.